The van der Waals surface area contributed by atoms with E-state index in [1.54, 1.807) is 22.5 Å². The first-order valence-electron chi connectivity index (χ1n) is 11.4. The topological polar surface area (TPSA) is 125 Å². The fourth-order valence-electron chi connectivity index (χ4n) is 5.25. The molecule has 5 rings (SSSR count). The molecular formula is C25H27N7O2. The minimum atomic E-state index is -0.612. The number of primary amides is 1. The van der Waals surface area contributed by atoms with Gasteiger partial charge in [0, 0.05) is 24.8 Å². The zero-order valence-corrected chi connectivity index (χ0v) is 19.1. The van der Waals surface area contributed by atoms with Crippen LogP contribution < -0.4 is 11.5 Å². The predicted molar refractivity (Wildman–Crippen MR) is 127 cm³/mol. The van der Waals surface area contributed by atoms with E-state index in [0.29, 0.717) is 30.9 Å². The average Bonchev–Trinajstić information content (AvgIpc) is 3.50. The Morgan fingerprint density at radius 1 is 1.24 bits per heavy atom. The Bertz CT molecular complexity index is 1310. The molecule has 1 aromatic carbocycles. The third kappa shape index (κ3) is 3.81. The molecule has 34 heavy (non-hydrogen) atoms. The molecule has 2 amide bonds. The second-order valence-corrected chi connectivity index (χ2v) is 9.24. The second-order valence-electron chi connectivity index (χ2n) is 9.24. The van der Waals surface area contributed by atoms with Gasteiger partial charge in [0.25, 0.3) is 11.8 Å². The minimum absolute atomic E-state index is 0.0542. The van der Waals surface area contributed by atoms with E-state index in [1.165, 1.54) is 0 Å². The molecule has 1 saturated heterocycles. The van der Waals surface area contributed by atoms with Crippen LogP contribution in [0.3, 0.4) is 0 Å². The van der Waals surface area contributed by atoms with Crippen molar-refractivity contribution in [3.05, 3.63) is 53.9 Å². The molecule has 174 valence electrons. The number of aromatic nitrogens is 4. The van der Waals surface area contributed by atoms with Crippen LogP contribution in [0.5, 0.6) is 0 Å². The van der Waals surface area contributed by atoms with Gasteiger partial charge in [0.05, 0.1) is 18.8 Å². The average molecular weight is 458 g/mol. The smallest absolute Gasteiger partial charge is 0.298 e. The lowest BCUT2D eigenvalue weighted by molar-refractivity contribution is -0.125. The largest absolute Gasteiger partial charge is 0.383 e. The normalized spacial score (nSPS) is 21.2. The summed E-state index contributed by atoms with van der Waals surface area (Å²) in [5.74, 6) is 4.85. The summed E-state index contributed by atoms with van der Waals surface area (Å²) in [6.07, 6.45) is 6.14. The zero-order chi connectivity index (χ0) is 23.9. The van der Waals surface area contributed by atoms with E-state index < -0.39 is 5.91 Å². The number of nitrogens with zero attached hydrogens (tertiary/aromatic N) is 5. The first-order valence-corrected chi connectivity index (χ1v) is 11.4. The molecule has 0 bridgehead atoms. The molecule has 4 N–H and O–H groups in total. The Morgan fingerprint density at radius 3 is 2.71 bits per heavy atom. The van der Waals surface area contributed by atoms with E-state index in [-0.39, 0.29) is 28.7 Å². The first kappa shape index (κ1) is 21.8. The number of carbonyl (C=O) groups excluding carboxylic acids is 2. The Morgan fingerprint density at radius 2 is 2.00 bits per heavy atom. The number of likely N-dealkylation sites (tertiary alicyclic amines) is 1. The molecule has 0 radical (unpaired) electrons. The van der Waals surface area contributed by atoms with Crippen LogP contribution in [0.1, 0.15) is 48.1 Å². The predicted octanol–water partition coefficient (Wildman–Crippen LogP) is 2.05. The first-order chi connectivity index (χ1) is 16.4. The van der Waals surface area contributed by atoms with Gasteiger partial charge < -0.3 is 16.4 Å². The summed E-state index contributed by atoms with van der Waals surface area (Å²) in [6, 6.07) is 10.0. The Kier molecular flexibility index (Phi) is 5.36. The maximum atomic E-state index is 12.3. The van der Waals surface area contributed by atoms with Crippen LogP contribution in [0, 0.1) is 17.3 Å². The van der Waals surface area contributed by atoms with Gasteiger partial charge in [-0.1, -0.05) is 36.3 Å². The van der Waals surface area contributed by atoms with Gasteiger partial charge in [0.15, 0.2) is 0 Å². The van der Waals surface area contributed by atoms with E-state index in [2.05, 4.69) is 16.9 Å². The maximum Gasteiger partial charge on any atom is 0.298 e. The lowest BCUT2D eigenvalue weighted by Gasteiger charge is -2.45. The van der Waals surface area contributed by atoms with Crippen molar-refractivity contribution in [2.24, 2.45) is 11.1 Å². The highest BCUT2D eigenvalue weighted by atomic mass is 16.2. The molecule has 2 aliphatic rings. The molecular weight excluding hydrogens is 430 g/mol. The second kappa shape index (κ2) is 8.37. The Hall–Kier alpha value is -4.06. The van der Waals surface area contributed by atoms with Crippen LogP contribution in [-0.4, -0.2) is 49.4 Å². The number of hydrogen-bond donors (Lipinski definition) is 2. The summed E-state index contributed by atoms with van der Waals surface area (Å²) >= 11 is 0. The van der Waals surface area contributed by atoms with Crippen LogP contribution in [0.2, 0.25) is 0 Å². The molecule has 1 aliphatic heterocycles. The van der Waals surface area contributed by atoms with Gasteiger partial charge in [-0.15, -0.1) is 0 Å². The molecule has 9 heteroatoms. The summed E-state index contributed by atoms with van der Waals surface area (Å²) in [5.41, 5.74) is 14.6. The summed E-state index contributed by atoms with van der Waals surface area (Å²) < 4.78 is 3.53. The quantitative estimate of drug-likeness (QED) is 0.567. The van der Waals surface area contributed by atoms with Crippen molar-refractivity contribution >= 4 is 17.6 Å². The van der Waals surface area contributed by atoms with Crippen LogP contribution in [-0.2, 0) is 11.3 Å². The van der Waals surface area contributed by atoms with Crippen LogP contribution in [0.25, 0.3) is 11.3 Å². The third-order valence-electron chi connectivity index (χ3n) is 6.93. The zero-order valence-electron chi connectivity index (χ0n) is 19.1. The molecule has 0 atom stereocenters. The van der Waals surface area contributed by atoms with E-state index in [0.717, 1.165) is 24.8 Å². The number of hydrogen-bond acceptors (Lipinski definition) is 5. The van der Waals surface area contributed by atoms with Gasteiger partial charge in [-0.05, 0) is 43.1 Å². The molecule has 1 saturated carbocycles. The monoisotopic (exact) mass is 457 g/mol. The van der Waals surface area contributed by atoms with Crippen molar-refractivity contribution in [2.45, 2.75) is 38.8 Å². The highest BCUT2D eigenvalue weighted by Crippen LogP contribution is 2.54. The van der Waals surface area contributed by atoms with E-state index in [9.17, 15) is 9.59 Å². The van der Waals surface area contributed by atoms with Crippen molar-refractivity contribution in [2.75, 3.05) is 18.8 Å². The van der Waals surface area contributed by atoms with Crippen LogP contribution >= 0.6 is 0 Å². The molecule has 2 aromatic heterocycles. The molecule has 1 spiro atoms. The Balaban J connectivity index is 1.36. The van der Waals surface area contributed by atoms with Crippen LogP contribution in [0.4, 0.5) is 5.82 Å². The standard InChI is InChI=1S/C25H27N7O2/c1-2-6-20(33)30-10-9-25(16-30)11-19(12-25)32-23(26)21(24(27)34)22(29-32)18-13-28-31(15-18)14-17-7-4-3-5-8-17/h3-5,7-8,13,15,19H,9-12,14,16,26H2,1H3,(H2,27,34)/t19-,25-. The van der Waals surface area contributed by atoms with Gasteiger partial charge in [-0.2, -0.15) is 10.2 Å². The molecule has 3 heterocycles. The summed E-state index contributed by atoms with van der Waals surface area (Å²) in [5, 5.41) is 9.15. The number of benzene rings is 1. The Labute approximate surface area is 197 Å². The molecule has 3 aromatic rings. The van der Waals surface area contributed by atoms with Crippen LogP contribution in [0.15, 0.2) is 42.7 Å². The van der Waals surface area contributed by atoms with Crippen molar-refractivity contribution < 1.29 is 9.59 Å². The molecule has 0 unspecified atom stereocenters. The molecule has 2 fully saturated rings. The van der Waals surface area contributed by atoms with Crippen molar-refractivity contribution in [3.63, 3.8) is 0 Å². The molecule has 1 aliphatic carbocycles. The summed E-state index contributed by atoms with van der Waals surface area (Å²) in [4.78, 5) is 26.2. The maximum absolute atomic E-state index is 12.3. The SMILES string of the molecule is CC#CC(=O)N1CC[C@]2(C1)C[C@H](n1nc(-c3cnn(Cc4ccccc4)c3)c(C(N)=O)c1N)C2. The summed E-state index contributed by atoms with van der Waals surface area (Å²) in [6.45, 7) is 3.68. The summed E-state index contributed by atoms with van der Waals surface area (Å²) in [7, 11) is 0. The van der Waals surface area contributed by atoms with Gasteiger partial charge in [-0.3, -0.25) is 14.3 Å². The van der Waals surface area contributed by atoms with E-state index in [4.69, 9.17) is 16.6 Å². The molecule has 9 nitrogen and oxygen atoms in total. The highest BCUT2D eigenvalue weighted by molar-refractivity contribution is 6.03. The number of amides is 2. The number of anilines is 1. The third-order valence-corrected chi connectivity index (χ3v) is 6.93. The van der Waals surface area contributed by atoms with Gasteiger partial charge in [0.1, 0.15) is 17.1 Å². The lowest BCUT2D eigenvalue weighted by atomic mass is 9.65. The highest BCUT2D eigenvalue weighted by Gasteiger charge is 2.51. The number of rotatable bonds is 5. The lowest BCUT2D eigenvalue weighted by Crippen LogP contribution is -2.42. The van der Waals surface area contributed by atoms with E-state index in [1.807, 2.05) is 41.4 Å². The van der Waals surface area contributed by atoms with Gasteiger partial charge in [-0.25, -0.2) is 4.68 Å². The fourth-order valence-corrected chi connectivity index (χ4v) is 5.25. The fraction of sp³-hybridized carbons (Fsp3) is 0.360. The van der Waals surface area contributed by atoms with Crippen molar-refractivity contribution in [1.82, 2.24) is 24.5 Å². The number of nitrogens with two attached hydrogens (primary N) is 2. The van der Waals surface area contributed by atoms with E-state index >= 15 is 0 Å². The van der Waals surface area contributed by atoms with Crippen molar-refractivity contribution in [3.8, 4) is 23.1 Å². The minimum Gasteiger partial charge on any atom is -0.383 e. The van der Waals surface area contributed by atoms with Gasteiger partial charge in [0.2, 0.25) is 0 Å². The number of carbonyl (C=O) groups is 2. The van der Waals surface area contributed by atoms with Gasteiger partial charge >= 0.3 is 0 Å². The number of nitrogen functional groups attached to an aromatic ring is 1. The van der Waals surface area contributed by atoms with Crippen molar-refractivity contribution in [1.29, 1.82) is 0 Å².